The summed E-state index contributed by atoms with van der Waals surface area (Å²) in [5.41, 5.74) is 28.6. The summed E-state index contributed by atoms with van der Waals surface area (Å²) in [5.74, 6) is 0. The van der Waals surface area contributed by atoms with Gasteiger partial charge in [0.05, 0.1) is 101 Å². The summed E-state index contributed by atoms with van der Waals surface area (Å²) in [6.07, 6.45) is 5.33. The van der Waals surface area contributed by atoms with Crippen molar-refractivity contribution in [1.29, 1.82) is 0 Å². The van der Waals surface area contributed by atoms with Gasteiger partial charge in [0.1, 0.15) is 0 Å². The predicted octanol–water partition coefficient (Wildman–Crippen LogP) is 27.2. The molecule has 1 aliphatic heterocycles. The van der Waals surface area contributed by atoms with E-state index in [4.69, 9.17) is 4.98 Å². The molecular weight excluding hydrogens is 1410 g/mol. The van der Waals surface area contributed by atoms with Crippen LogP contribution in [-0.2, 0) is 6.42 Å². The monoisotopic (exact) mass is 1480 g/mol. The van der Waals surface area contributed by atoms with E-state index in [9.17, 15) is 0 Å². The Hall–Kier alpha value is -15.5. The van der Waals surface area contributed by atoms with Crippen LogP contribution in [0.4, 0.5) is 22.7 Å². The maximum atomic E-state index is 6.16. The Kier molecular flexibility index (Phi) is 13.9. The minimum Gasteiger partial charge on any atom is -0.330 e. The van der Waals surface area contributed by atoms with Gasteiger partial charge in [0.25, 0.3) is 0 Å². The average Bonchev–Trinajstić information content (AvgIpc) is 1.26. The van der Waals surface area contributed by atoms with Gasteiger partial charge in [-0.3, -0.25) is 4.98 Å². The van der Waals surface area contributed by atoms with E-state index in [0.29, 0.717) is 6.42 Å². The molecule has 0 bridgehead atoms. The number of para-hydroxylation sites is 14. The van der Waals surface area contributed by atoms with E-state index in [1.54, 1.807) is 0 Å². The van der Waals surface area contributed by atoms with Crippen LogP contribution in [0.25, 0.3) is 182 Å². The van der Waals surface area contributed by atoms with E-state index in [0.717, 1.165) is 155 Å². The van der Waals surface area contributed by atoms with Crippen LogP contribution >= 0.6 is 0 Å². The van der Waals surface area contributed by atoms with Gasteiger partial charge >= 0.3 is 0 Å². The van der Waals surface area contributed by atoms with E-state index in [-0.39, 0.29) is 6.04 Å². The molecule has 0 saturated heterocycles. The second-order valence-electron chi connectivity index (χ2n) is 30.9. The normalized spacial score (nSPS) is 13.6. The van der Waals surface area contributed by atoms with Crippen LogP contribution in [0.2, 0.25) is 0 Å². The van der Waals surface area contributed by atoms with Crippen molar-refractivity contribution < 1.29 is 0 Å². The highest BCUT2D eigenvalue weighted by Crippen LogP contribution is 2.53. The van der Waals surface area contributed by atoms with Gasteiger partial charge in [-0.15, -0.1) is 0 Å². The molecule has 542 valence electrons. The summed E-state index contributed by atoms with van der Waals surface area (Å²) in [5, 5.41) is 15.0. The Morgan fingerprint density at radius 3 is 1.02 bits per heavy atom. The van der Waals surface area contributed by atoms with Gasteiger partial charge in [0.2, 0.25) is 0 Å². The Balaban J connectivity index is 0.838. The lowest BCUT2D eigenvalue weighted by atomic mass is 9.83. The van der Waals surface area contributed by atoms with Gasteiger partial charge in [-0.05, 0) is 215 Å². The number of nitrogens with zero attached hydrogens (tertiary/aromatic N) is 9. The van der Waals surface area contributed by atoms with E-state index < -0.39 is 0 Å². The Morgan fingerprint density at radius 2 is 0.552 bits per heavy atom. The first-order chi connectivity index (χ1) is 57.6. The quantitative estimate of drug-likeness (QED) is 0.142. The van der Waals surface area contributed by atoms with E-state index in [1.165, 1.54) is 60.1 Å². The first kappa shape index (κ1) is 64.2. The molecule has 1 atom stereocenters. The number of fused-ring (bicyclic) bond motifs is 24. The van der Waals surface area contributed by atoms with Gasteiger partial charge in [0, 0.05) is 100 Å². The van der Waals surface area contributed by atoms with Crippen LogP contribution < -0.4 is 9.80 Å². The van der Waals surface area contributed by atoms with E-state index in [2.05, 4.69) is 438 Å². The highest BCUT2D eigenvalue weighted by Gasteiger charge is 2.40. The molecule has 7 heterocycles. The Labute approximate surface area is 666 Å². The van der Waals surface area contributed by atoms with Crippen LogP contribution in [0.15, 0.2) is 400 Å². The summed E-state index contributed by atoms with van der Waals surface area (Å²) in [7, 11) is 0. The molecule has 0 radical (unpaired) electrons. The number of rotatable bonds is 8. The molecule has 0 N–H and O–H groups in total. The fraction of sp³-hybridized carbons (Fsp3) is 0.0187. The van der Waals surface area contributed by atoms with Crippen molar-refractivity contribution >= 4 is 171 Å². The molecule has 9 heteroatoms. The molecule has 0 amide bonds. The van der Waals surface area contributed by atoms with Crippen molar-refractivity contribution in [2.24, 2.45) is 0 Å². The lowest BCUT2D eigenvalue weighted by molar-refractivity contribution is 0.698. The maximum Gasteiger partial charge on any atom is 0.0788 e. The maximum absolute atomic E-state index is 6.16. The average molecular weight is 1480 g/mol. The van der Waals surface area contributed by atoms with Crippen molar-refractivity contribution in [3.63, 3.8) is 0 Å². The molecule has 116 heavy (non-hydrogen) atoms. The molecule has 17 aromatic carbocycles. The van der Waals surface area contributed by atoms with Crippen molar-refractivity contribution in [1.82, 2.24) is 32.4 Å². The first-order valence-corrected chi connectivity index (χ1v) is 40.0. The molecular formula is C107H69N9. The summed E-state index contributed by atoms with van der Waals surface area (Å²) in [4.78, 5) is 11.3. The van der Waals surface area contributed by atoms with Crippen molar-refractivity contribution in [2.75, 3.05) is 9.80 Å². The Bertz CT molecular complexity index is 8090. The second-order valence-corrected chi connectivity index (χ2v) is 30.9. The summed E-state index contributed by atoms with van der Waals surface area (Å²) in [6, 6.07) is 144. The van der Waals surface area contributed by atoms with E-state index in [1.807, 2.05) is 0 Å². The smallest absolute Gasteiger partial charge is 0.0788 e. The van der Waals surface area contributed by atoms with Gasteiger partial charge in [-0.1, -0.05) is 212 Å². The largest absolute Gasteiger partial charge is 0.330 e. The van der Waals surface area contributed by atoms with Crippen LogP contribution in [-0.4, -0.2) is 38.4 Å². The minimum absolute atomic E-state index is 0.207. The SMILES string of the molecule is C1=C2C(Cc3c1c1cc(-n4c5ccccc5c5cc(-n6c7ccccc7c7ccccc76)ccc54)ccc1c1cc4c(cc1c1cc(-n5c6ccccc6c6cc(-n7c8ccccc8c8ccccc87)ccc65)cnc31)n(-c1ccccc1)c1ccccc1n4-c1ccccc1)N(c1ccccc1)c1ccccc1N2c1ccccc1. The number of aromatic nitrogens is 7. The van der Waals surface area contributed by atoms with Crippen molar-refractivity contribution in [3.05, 3.63) is 411 Å². The molecule has 0 fully saturated rings. The van der Waals surface area contributed by atoms with Gasteiger partial charge < -0.3 is 37.2 Å². The summed E-state index contributed by atoms with van der Waals surface area (Å²) < 4.78 is 14.8. The van der Waals surface area contributed by atoms with Crippen molar-refractivity contribution in [2.45, 2.75) is 12.5 Å². The molecule has 0 saturated carbocycles. The van der Waals surface area contributed by atoms with Crippen LogP contribution in [0.5, 0.6) is 0 Å². The molecule has 6 aromatic heterocycles. The minimum atomic E-state index is -0.207. The van der Waals surface area contributed by atoms with Crippen LogP contribution in [0, 0.1) is 0 Å². The topological polar surface area (TPSA) is 49.0 Å². The van der Waals surface area contributed by atoms with Crippen molar-refractivity contribution in [3.8, 4) is 34.1 Å². The first-order valence-electron chi connectivity index (χ1n) is 40.0. The van der Waals surface area contributed by atoms with Gasteiger partial charge in [-0.25, -0.2) is 0 Å². The zero-order valence-corrected chi connectivity index (χ0v) is 62.9. The second kappa shape index (κ2) is 25.0. The molecule has 0 spiro atoms. The third-order valence-electron chi connectivity index (χ3n) is 24.9. The highest BCUT2D eigenvalue weighted by atomic mass is 15.3. The third kappa shape index (κ3) is 9.36. The lowest BCUT2D eigenvalue weighted by Gasteiger charge is -2.48. The van der Waals surface area contributed by atoms with Crippen LogP contribution in [0.3, 0.4) is 0 Å². The number of hydrogen-bond donors (Lipinski definition) is 0. The zero-order chi connectivity index (χ0) is 75.8. The van der Waals surface area contributed by atoms with Gasteiger partial charge in [0.15, 0.2) is 0 Å². The fourth-order valence-corrected chi connectivity index (χ4v) is 20.1. The molecule has 2 aliphatic rings. The third-order valence-corrected chi connectivity index (χ3v) is 24.9. The Morgan fingerprint density at radius 1 is 0.216 bits per heavy atom. The predicted molar refractivity (Wildman–Crippen MR) is 484 cm³/mol. The van der Waals surface area contributed by atoms with Crippen LogP contribution in [0.1, 0.15) is 11.1 Å². The summed E-state index contributed by atoms with van der Waals surface area (Å²) >= 11 is 0. The van der Waals surface area contributed by atoms with E-state index >= 15 is 0 Å². The molecule has 25 rings (SSSR count). The number of benzene rings is 16. The van der Waals surface area contributed by atoms with Gasteiger partial charge in [-0.2, -0.15) is 0 Å². The highest BCUT2D eigenvalue weighted by molar-refractivity contribution is 6.23. The zero-order valence-electron chi connectivity index (χ0n) is 62.9. The number of hydrogen-bond acceptors (Lipinski definition) is 3. The molecule has 1 unspecified atom stereocenters. The number of pyridine rings is 1. The molecule has 23 aromatic rings. The molecule has 9 nitrogen and oxygen atoms in total. The number of anilines is 4. The fourth-order valence-electron chi connectivity index (χ4n) is 20.1. The summed E-state index contributed by atoms with van der Waals surface area (Å²) in [6.45, 7) is 0. The molecule has 1 aliphatic carbocycles. The standard InChI is InChI=1S/C107H69N9/c1-5-29-68(30-6-1)109-99-49-25-26-50-100(99)110(69-31-7-2-8-32-69)104-65-86-84(63-103(104)109)76-56-53-72(115-95-47-23-17-41-81(95)87-60-73(54-57-97(87)115)113-91-43-19-13-37-77(91)78-38-14-20-44-92(78)113)59-83(76)85-64-105-106(112(71-35-11-4-12-36-71)102-52-28-27-51-101(102)111(105)70-33-9-3-10-34-70)66-90(85)107-89(86)62-75(67-108-107)116-96-48-24-18-42-82(96)88-61-74(55-58-98(88)116)114-93-45-21-15-39-79(93)80-40-16-22-46-94(80)114/h1-65,67,106H,66H2. The lowest BCUT2D eigenvalue weighted by Crippen LogP contribution is -2.45.